The zero-order chi connectivity index (χ0) is 33.2. The summed E-state index contributed by atoms with van der Waals surface area (Å²) in [6.45, 7) is -1.14. The number of hydrogen-bond donors (Lipinski definition) is 7. The van der Waals surface area contributed by atoms with E-state index in [-0.39, 0.29) is 53.8 Å². The van der Waals surface area contributed by atoms with Crippen molar-refractivity contribution < 1.29 is 65.9 Å². The molecule has 45 heavy (non-hydrogen) atoms. The smallest absolute Gasteiger partial charge is 0.471 e. The van der Waals surface area contributed by atoms with Crippen molar-refractivity contribution >= 4 is 46.3 Å². The zero-order valence-corrected chi connectivity index (χ0v) is 25.1. The summed E-state index contributed by atoms with van der Waals surface area (Å²) in [7, 11) is -16.8. The van der Waals surface area contributed by atoms with Gasteiger partial charge in [0.25, 0.3) is 5.69 Å². The maximum absolute atomic E-state index is 12.0. The SMILES string of the molecule is NCC#Cc1ccc(COc2nc(N)nc3c2ncn3[C@H]2CC(O)[C@@H](COP(=O)(O)OP(=O)(O)OP(=O)(O)O)O2)c([N+](=O)[O-])c1. The van der Waals surface area contributed by atoms with Crippen molar-refractivity contribution in [2.24, 2.45) is 5.73 Å². The molecule has 0 bridgehead atoms. The van der Waals surface area contributed by atoms with Gasteiger partial charge in [0.2, 0.25) is 11.8 Å². The molecule has 0 amide bonds. The van der Waals surface area contributed by atoms with Crippen LogP contribution in [0.3, 0.4) is 0 Å². The predicted octanol–water partition coefficient (Wildman–Crippen LogP) is 0.198. The number of rotatable bonds is 12. The lowest BCUT2D eigenvalue weighted by molar-refractivity contribution is -0.385. The molecule has 244 valence electrons. The normalized spacial score (nSPS) is 21.1. The first-order valence-corrected chi connectivity index (χ1v) is 16.7. The van der Waals surface area contributed by atoms with Gasteiger partial charge in [-0.3, -0.25) is 19.2 Å². The number of nitrogens with two attached hydrogens (primary N) is 2. The number of benzene rings is 1. The molecule has 1 saturated heterocycles. The van der Waals surface area contributed by atoms with Gasteiger partial charge in [-0.05, 0) is 12.1 Å². The summed E-state index contributed by atoms with van der Waals surface area (Å²) in [5.74, 6) is 4.90. The molecule has 3 unspecified atom stereocenters. The molecule has 1 fully saturated rings. The standard InChI is InChI=1S/C20H24N7O15P3/c21-5-1-2-11-3-4-12(13(6-11)27(29)30)8-38-19-17-18(24-20(22)25-19)26(10-23-17)16-7-14(28)15(40-16)9-39-44(34,35)42-45(36,37)41-43(31,32)33/h3-4,6,10,14-16,28H,5,7-9,21H2,(H,34,35)(H,36,37)(H2,22,24,25)(H2,31,32,33)/t14?,15-,16-/m1/s1. The first-order valence-electron chi connectivity index (χ1n) is 12.2. The highest BCUT2D eigenvalue weighted by atomic mass is 31.3. The van der Waals surface area contributed by atoms with Crippen molar-refractivity contribution in [3.05, 3.63) is 45.8 Å². The monoisotopic (exact) mass is 695 g/mol. The maximum Gasteiger partial charge on any atom is 0.490 e. The Balaban J connectivity index is 1.47. The van der Waals surface area contributed by atoms with Gasteiger partial charge in [-0.1, -0.05) is 11.8 Å². The summed E-state index contributed by atoms with van der Waals surface area (Å²) in [6.07, 6.45) is -2.61. The average molecular weight is 695 g/mol. The minimum Gasteiger partial charge on any atom is -0.471 e. The number of nitro groups is 1. The van der Waals surface area contributed by atoms with E-state index in [9.17, 15) is 38.7 Å². The molecule has 22 nitrogen and oxygen atoms in total. The van der Waals surface area contributed by atoms with Gasteiger partial charge in [-0.2, -0.15) is 18.6 Å². The van der Waals surface area contributed by atoms with Crippen LogP contribution in [0.1, 0.15) is 23.8 Å². The minimum atomic E-state index is -5.74. The lowest BCUT2D eigenvalue weighted by Crippen LogP contribution is -2.26. The zero-order valence-electron chi connectivity index (χ0n) is 22.4. The number of nitro benzene ring substituents is 1. The van der Waals surface area contributed by atoms with E-state index in [2.05, 4.69) is 39.9 Å². The Morgan fingerprint density at radius 2 is 1.89 bits per heavy atom. The van der Waals surface area contributed by atoms with Crippen LogP contribution >= 0.6 is 23.5 Å². The summed E-state index contributed by atoms with van der Waals surface area (Å²) in [5, 5.41) is 22.1. The summed E-state index contributed by atoms with van der Waals surface area (Å²) in [6, 6.07) is 4.27. The number of nitrogens with zero attached hydrogens (tertiary/aromatic N) is 5. The second-order valence-electron chi connectivity index (χ2n) is 8.93. The molecule has 0 aliphatic carbocycles. The predicted molar refractivity (Wildman–Crippen MR) is 147 cm³/mol. The molecule has 1 aliphatic rings. The van der Waals surface area contributed by atoms with E-state index in [1.165, 1.54) is 23.0 Å². The van der Waals surface area contributed by atoms with Gasteiger partial charge < -0.3 is 45.6 Å². The quantitative estimate of drug-likeness (QED) is 0.0575. The number of phosphoric ester groups is 1. The van der Waals surface area contributed by atoms with Crippen molar-refractivity contribution in [3.63, 3.8) is 0 Å². The third kappa shape index (κ3) is 9.09. The number of phosphoric acid groups is 3. The van der Waals surface area contributed by atoms with Gasteiger partial charge in [-0.15, -0.1) is 0 Å². The van der Waals surface area contributed by atoms with E-state index < -0.39 is 53.4 Å². The Labute approximate surface area is 251 Å². The van der Waals surface area contributed by atoms with Crippen LogP contribution in [0, 0.1) is 22.0 Å². The topological polar surface area (TPSA) is 337 Å². The molecule has 9 N–H and O–H groups in total. The van der Waals surface area contributed by atoms with E-state index in [0.29, 0.717) is 5.56 Å². The van der Waals surface area contributed by atoms with Gasteiger partial charge >= 0.3 is 23.5 Å². The fraction of sp³-hybridized carbons (Fsp3) is 0.350. The number of aliphatic hydroxyl groups excluding tert-OH is 1. The Kier molecular flexibility index (Phi) is 10.4. The lowest BCUT2D eigenvalue weighted by Gasteiger charge is -2.19. The minimum absolute atomic E-state index is 0.0603. The number of imidazole rings is 1. The van der Waals surface area contributed by atoms with Crippen LogP contribution in [0.2, 0.25) is 0 Å². The Morgan fingerprint density at radius 1 is 1.16 bits per heavy atom. The largest absolute Gasteiger partial charge is 0.490 e. The Hall–Kier alpha value is -3.38. The molecule has 25 heteroatoms. The molecule has 0 radical (unpaired) electrons. The number of anilines is 1. The van der Waals surface area contributed by atoms with E-state index >= 15 is 0 Å². The summed E-state index contributed by atoms with van der Waals surface area (Å²) in [4.78, 5) is 59.5. The molecular formula is C20H24N7O15P3. The van der Waals surface area contributed by atoms with Gasteiger partial charge in [0.1, 0.15) is 18.9 Å². The van der Waals surface area contributed by atoms with Crippen LogP contribution in [0.5, 0.6) is 5.88 Å². The molecule has 4 rings (SSSR count). The van der Waals surface area contributed by atoms with Gasteiger partial charge in [0.05, 0.1) is 36.1 Å². The second-order valence-corrected chi connectivity index (χ2v) is 13.3. The fourth-order valence-corrected chi connectivity index (χ4v) is 6.99. The average Bonchev–Trinajstić information content (AvgIpc) is 3.50. The molecule has 1 aliphatic heterocycles. The highest BCUT2D eigenvalue weighted by Crippen LogP contribution is 2.66. The van der Waals surface area contributed by atoms with E-state index in [1.807, 2.05) is 0 Å². The fourth-order valence-electron chi connectivity index (χ4n) is 3.96. The van der Waals surface area contributed by atoms with Crippen molar-refractivity contribution in [2.45, 2.75) is 31.5 Å². The molecule has 2 aromatic heterocycles. The Morgan fingerprint density at radius 3 is 2.56 bits per heavy atom. The molecule has 5 atom stereocenters. The highest BCUT2D eigenvalue weighted by molar-refractivity contribution is 7.66. The van der Waals surface area contributed by atoms with Crippen molar-refractivity contribution in [1.82, 2.24) is 19.5 Å². The summed E-state index contributed by atoms with van der Waals surface area (Å²) < 4.78 is 58.8. The van der Waals surface area contributed by atoms with Crippen molar-refractivity contribution in [1.29, 1.82) is 0 Å². The van der Waals surface area contributed by atoms with Crippen LogP contribution in [0.15, 0.2) is 24.5 Å². The van der Waals surface area contributed by atoms with Crippen LogP contribution < -0.4 is 16.2 Å². The maximum atomic E-state index is 12.0. The van der Waals surface area contributed by atoms with Crippen molar-refractivity contribution in [2.75, 3.05) is 18.9 Å². The van der Waals surface area contributed by atoms with Gasteiger partial charge in [0.15, 0.2) is 11.2 Å². The summed E-state index contributed by atoms with van der Waals surface area (Å²) >= 11 is 0. The van der Waals surface area contributed by atoms with E-state index in [0.717, 1.165) is 0 Å². The van der Waals surface area contributed by atoms with Gasteiger partial charge in [-0.25, -0.2) is 18.7 Å². The first kappa shape index (κ1) is 34.5. The third-order valence-electron chi connectivity index (χ3n) is 5.72. The third-order valence-corrected chi connectivity index (χ3v) is 9.52. The molecular weight excluding hydrogens is 671 g/mol. The Bertz CT molecular complexity index is 1800. The molecule has 1 aromatic carbocycles. The van der Waals surface area contributed by atoms with Crippen molar-refractivity contribution in [3.8, 4) is 17.7 Å². The molecule has 3 heterocycles. The van der Waals surface area contributed by atoms with E-state index in [4.69, 9.17) is 30.7 Å². The van der Waals surface area contributed by atoms with Crippen LogP contribution in [0.4, 0.5) is 11.6 Å². The molecule has 3 aromatic rings. The number of ether oxygens (including phenoxy) is 2. The van der Waals surface area contributed by atoms with Gasteiger partial charge in [0, 0.05) is 18.1 Å². The highest BCUT2D eigenvalue weighted by Gasteiger charge is 2.43. The lowest BCUT2D eigenvalue weighted by atomic mass is 10.1. The molecule has 0 spiro atoms. The first-order chi connectivity index (χ1) is 21.0. The number of fused-ring (bicyclic) bond motifs is 1. The molecule has 0 saturated carbocycles. The number of aromatic nitrogens is 4. The van der Waals surface area contributed by atoms with Crippen LogP contribution in [-0.2, 0) is 38.2 Å². The van der Waals surface area contributed by atoms with E-state index in [1.54, 1.807) is 6.07 Å². The number of hydrogen-bond acceptors (Lipinski definition) is 16. The van der Waals surface area contributed by atoms with Crippen LogP contribution in [0.25, 0.3) is 11.2 Å². The van der Waals surface area contributed by atoms with Crippen LogP contribution in [-0.4, -0.2) is 74.5 Å². The number of nitrogen functional groups attached to an aromatic ring is 1. The number of aliphatic hydroxyl groups is 1. The second kappa shape index (κ2) is 13.5. The summed E-state index contributed by atoms with van der Waals surface area (Å²) in [5.41, 5.74) is 11.6.